The Morgan fingerprint density at radius 2 is 2.06 bits per heavy atom. The Bertz CT molecular complexity index is 744. The number of rotatable bonds is 1. The molecular formula is C13H10N2O2. The summed E-state index contributed by atoms with van der Waals surface area (Å²) in [4.78, 5) is 18.5. The number of aryl methyl sites for hydroxylation is 1. The maximum Gasteiger partial charge on any atom is 0.337 e. The molecule has 0 atom stereocenters. The maximum atomic E-state index is 11.0. The van der Waals surface area contributed by atoms with Gasteiger partial charge in [0.15, 0.2) is 0 Å². The highest BCUT2D eigenvalue weighted by molar-refractivity contribution is 6.11. The molecule has 2 heterocycles. The van der Waals surface area contributed by atoms with Gasteiger partial charge >= 0.3 is 5.97 Å². The number of pyridine rings is 1. The van der Waals surface area contributed by atoms with Crippen molar-refractivity contribution in [2.24, 2.45) is 0 Å². The molecule has 4 heteroatoms. The molecule has 4 nitrogen and oxygen atoms in total. The molecule has 0 fully saturated rings. The van der Waals surface area contributed by atoms with E-state index >= 15 is 0 Å². The molecule has 0 amide bonds. The van der Waals surface area contributed by atoms with Crippen LogP contribution in [0.3, 0.4) is 0 Å². The fourth-order valence-electron chi connectivity index (χ4n) is 2.05. The van der Waals surface area contributed by atoms with Gasteiger partial charge in [-0.05, 0) is 13.0 Å². The van der Waals surface area contributed by atoms with E-state index in [4.69, 9.17) is 5.11 Å². The molecule has 84 valence electrons. The lowest BCUT2D eigenvalue weighted by Crippen LogP contribution is -1.93. The van der Waals surface area contributed by atoms with Crippen molar-refractivity contribution in [2.75, 3.05) is 0 Å². The molecular weight excluding hydrogens is 216 g/mol. The van der Waals surface area contributed by atoms with Gasteiger partial charge in [-0.25, -0.2) is 4.79 Å². The van der Waals surface area contributed by atoms with E-state index in [0.29, 0.717) is 10.9 Å². The van der Waals surface area contributed by atoms with Crippen LogP contribution in [0.1, 0.15) is 16.1 Å². The van der Waals surface area contributed by atoms with Gasteiger partial charge in [0.2, 0.25) is 0 Å². The quantitative estimate of drug-likeness (QED) is 0.670. The number of carboxylic acid groups (broad SMARTS) is 1. The topological polar surface area (TPSA) is 66.0 Å². The molecule has 0 spiro atoms. The third-order valence-corrected chi connectivity index (χ3v) is 2.89. The molecule has 1 aromatic carbocycles. The molecule has 0 saturated carbocycles. The fraction of sp³-hybridized carbons (Fsp3) is 0.0769. The standard InChI is InChI=1S/C13H10N2O2/c1-7-2-3-8-4-5-9-10(13(16)17)6-14-12(9)11(8)15-7/h2-6,15H,1H3,(H,16,17). The second-order valence-corrected chi connectivity index (χ2v) is 4.04. The number of nitrogens with one attached hydrogen (secondary N) is 1. The molecule has 0 aliphatic heterocycles. The summed E-state index contributed by atoms with van der Waals surface area (Å²) in [6, 6.07) is 7.68. The van der Waals surface area contributed by atoms with E-state index in [1.165, 1.54) is 6.20 Å². The summed E-state index contributed by atoms with van der Waals surface area (Å²) in [5.41, 5.74) is 2.86. The minimum atomic E-state index is -0.945. The summed E-state index contributed by atoms with van der Waals surface area (Å²) < 4.78 is 0. The van der Waals surface area contributed by atoms with Gasteiger partial charge in [-0.15, -0.1) is 0 Å². The van der Waals surface area contributed by atoms with Crippen LogP contribution >= 0.6 is 0 Å². The summed E-state index contributed by atoms with van der Waals surface area (Å²) >= 11 is 0. The first-order chi connectivity index (χ1) is 8.16. The number of hydrogen-bond acceptors (Lipinski definition) is 2. The van der Waals surface area contributed by atoms with Gasteiger partial charge in [0.05, 0.1) is 16.6 Å². The van der Waals surface area contributed by atoms with E-state index in [-0.39, 0.29) is 5.56 Å². The third-order valence-electron chi connectivity index (χ3n) is 2.89. The van der Waals surface area contributed by atoms with E-state index in [1.807, 2.05) is 25.1 Å². The van der Waals surface area contributed by atoms with E-state index in [9.17, 15) is 4.79 Å². The van der Waals surface area contributed by atoms with E-state index in [0.717, 1.165) is 16.6 Å². The number of aromatic nitrogens is 2. The molecule has 0 unspecified atom stereocenters. The number of carbonyl (C=O) groups is 1. The Labute approximate surface area is 96.9 Å². The Morgan fingerprint density at radius 3 is 2.82 bits per heavy atom. The lowest BCUT2D eigenvalue weighted by Gasteiger charge is -2.02. The molecule has 2 aromatic heterocycles. The Kier molecular flexibility index (Phi) is 1.92. The van der Waals surface area contributed by atoms with Gasteiger partial charge in [0, 0.05) is 22.7 Å². The van der Waals surface area contributed by atoms with Crippen LogP contribution in [0.5, 0.6) is 0 Å². The van der Waals surface area contributed by atoms with Crippen LogP contribution < -0.4 is 0 Å². The largest absolute Gasteiger partial charge is 0.478 e. The molecule has 0 saturated heterocycles. The normalized spacial score (nSPS) is 11.1. The van der Waals surface area contributed by atoms with Crippen LogP contribution in [-0.4, -0.2) is 21.0 Å². The van der Waals surface area contributed by atoms with Crippen LogP contribution in [0.4, 0.5) is 0 Å². The second kappa shape index (κ2) is 3.31. The molecule has 2 N–H and O–H groups in total. The van der Waals surface area contributed by atoms with E-state index < -0.39 is 5.97 Å². The Balaban J connectivity index is 2.48. The van der Waals surface area contributed by atoms with Crippen LogP contribution in [-0.2, 0) is 0 Å². The van der Waals surface area contributed by atoms with E-state index in [2.05, 4.69) is 9.97 Å². The fourth-order valence-corrected chi connectivity index (χ4v) is 2.05. The van der Waals surface area contributed by atoms with Crippen molar-refractivity contribution >= 4 is 27.8 Å². The van der Waals surface area contributed by atoms with Crippen molar-refractivity contribution in [2.45, 2.75) is 6.92 Å². The minimum Gasteiger partial charge on any atom is -0.478 e. The number of aromatic carboxylic acids is 1. The van der Waals surface area contributed by atoms with Crippen molar-refractivity contribution in [3.63, 3.8) is 0 Å². The summed E-state index contributed by atoms with van der Waals surface area (Å²) in [5, 5.41) is 10.7. The van der Waals surface area contributed by atoms with Gasteiger partial charge < -0.3 is 10.1 Å². The highest BCUT2D eigenvalue weighted by Crippen LogP contribution is 2.25. The molecule has 0 aliphatic carbocycles. The average molecular weight is 226 g/mol. The first-order valence-corrected chi connectivity index (χ1v) is 5.27. The Hall–Kier alpha value is -2.36. The van der Waals surface area contributed by atoms with Gasteiger partial charge in [-0.3, -0.25) is 4.98 Å². The smallest absolute Gasteiger partial charge is 0.337 e. The number of carboxylic acids is 1. The van der Waals surface area contributed by atoms with Gasteiger partial charge in [0.1, 0.15) is 0 Å². The van der Waals surface area contributed by atoms with Crippen molar-refractivity contribution in [3.05, 3.63) is 41.7 Å². The first-order valence-electron chi connectivity index (χ1n) is 5.27. The lowest BCUT2D eigenvalue weighted by molar-refractivity contribution is 0.0699. The van der Waals surface area contributed by atoms with Gasteiger partial charge in [-0.2, -0.15) is 0 Å². The second-order valence-electron chi connectivity index (χ2n) is 4.04. The van der Waals surface area contributed by atoms with Crippen molar-refractivity contribution in [1.29, 1.82) is 0 Å². The van der Waals surface area contributed by atoms with Gasteiger partial charge in [-0.1, -0.05) is 18.2 Å². The first kappa shape index (κ1) is 9.84. The predicted molar refractivity (Wildman–Crippen MR) is 65.3 cm³/mol. The number of aromatic amines is 1. The van der Waals surface area contributed by atoms with Gasteiger partial charge in [0.25, 0.3) is 0 Å². The van der Waals surface area contributed by atoms with Crippen LogP contribution in [0.2, 0.25) is 0 Å². The highest BCUT2D eigenvalue weighted by Gasteiger charge is 2.13. The average Bonchev–Trinajstić information content (AvgIpc) is 2.72. The summed E-state index contributed by atoms with van der Waals surface area (Å²) in [7, 11) is 0. The molecule has 0 radical (unpaired) electrons. The number of fused-ring (bicyclic) bond motifs is 3. The predicted octanol–water partition coefficient (Wildman–Crippen LogP) is 2.72. The number of H-pyrrole nitrogens is 1. The Morgan fingerprint density at radius 1 is 1.29 bits per heavy atom. The SMILES string of the molecule is Cc1ccc2ccc3c(C(=O)O)cnc3c2[nH]1. The number of hydrogen-bond donors (Lipinski definition) is 2. The van der Waals surface area contributed by atoms with E-state index in [1.54, 1.807) is 6.07 Å². The monoisotopic (exact) mass is 226 g/mol. The molecule has 0 aliphatic rings. The molecule has 0 bridgehead atoms. The summed E-state index contributed by atoms with van der Waals surface area (Å²) in [6.07, 6.45) is 1.41. The molecule has 3 aromatic rings. The molecule has 3 rings (SSSR count). The zero-order chi connectivity index (χ0) is 12.0. The minimum absolute atomic E-state index is 0.247. The zero-order valence-electron chi connectivity index (χ0n) is 9.19. The highest BCUT2D eigenvalue weighted by atomic mass is 16.4. The summed E-state index contributed by atoms with van der Waals surface area (Å²) in [6.45, 7) is 1.96. The number of nitrogens with zero attached hydrogens (tertiary/aromatic N) is 1. The van der Waals surface area contributed by atoms with Crippen LogP contribution in [0.15, 0.2) is 30.5 Å². The van der Waals surface area contributed by atoms with Crippen molar-refractivity contribution in [3.8, 4) is 0 Å². The van der Waals surface area contributed by atoms with Crippen LogP contribution in [0.25, 0.3) is 21.8 Å². The lowest BCUT2D eigenvalue weighted by atomic mass is 10.1. The van der Waals surface area contributed by atoms with Crippen molar-refractivity contribution < 1.29 is 9.90 Å². The zero-order valence-corrected chi connectivity index (χ0v) is 9.19. The third kappa shape index (κ3) is 1.38. The number of benzene rings is 1. The summed E-state index contributed by atoms with van der Waals surface area (Å²) in [5.74, 6) is -0.945. The van der Waals surface area contributed by atoms with Crippen molar-refractivity contribution in [1.82, 2.24) is 9.97 Å². The van der Waals surface area contributed by atoms with Crippen LogP contribution in [0, 0.1) is 6.92 Å². The molecule has 17 heavy (non-hydrogen) atoms. The maximum absolute atomic E-state index is 11.0.